The van der Waals surface area contributed by atoms with Crippen LogP contribution >= 0.6 is 0 Å². The SMILES string of the molecule is CC1(C)CC(NC(CO)CO)C(C)(C)O1. The van der Waals surface area contributed by atoms with Crippen LogP contribution in [0, 0.1) is 0 Å². The van der Waals surface area contributed by atoms with Crippen LogP contribution in [0.25, 0.3) is 0 Å². The number of rotatable bonds is 4. The first kappa shape index (κ1) is 12.9. The summed E-state index contributed by atoms with van der Waals surface area (Å²) in [6.07, 6.45) is 0.885. The molecule has 1 aliphatic heterocycles. The Kier molecular flexibility index (Phi) is 3.76. The Morgan fingerprint density at radius 2 is 1.80 bits per heavy atom. The Morgan fingerprint density at radius 3 is 2.13 bits per heavy atom. The van der Waals surface area contributed by atoms with Gasteiger partial charge in [-0.15, -0.1) is 0 Å². The smallest absolute Gasteiger partial charge is 0.0787 e. The lowest BCUT2D eigenvalue weighted by Gasteiger charge is -2.30. The molecule has 0 spiro atoms. The molecule has 1 heterocycles. The average Bonchev–Trinajstić information content (AvgIpc) is 2.30. The van der Waals surface area contributed by atoms with Crippen LogP contribution in [0.3, 0.4) is 0 Å². The minimum absolute atomic E-state index is 0.0521. The van der Waals surface area contributed by atoms with Gasteiger partial charge in [0.25, 0.3) is 0 Å². The Bertz CT molecular complexity index is 212. The first-order valence-electron chi connectivity index (χ1n) is 5.49. The van der Waals surface area contributed by atoms with E-state index >= 15 is 0 Å². The molecule has 1 saturated heterocycles. The molecule has 0 amide bonds. The van der Waals surface area contributed by atoms with E-state index in [9.17, 15) is 0 Å². The summed E-state index contributed by atoms with van der Waals surface area (Å²) in [6, 6.07) is -0.0939. The molecule has 1 aliphatic rings. The summed E-state index contributed by atoms with van der Waals surface area (Å²) < 4.78 is 5.91. The number of hydrogen-bond acceptors (Lipinski definition) is 4. The standard InChI is InChI=1S/C11H23NO3/c1-10(2)5-9(11(3,4)15-10)12-8(6-13)7-14/h8-9,12-14H,5-7H2,1-4H3. The van der Waals surface area contributed by atoms with Crippen LogP contribution in [0.2, 0.25) is 0 Å². The van der Waals surface area contributed by atoms with Crippen molar-refractivity contribution in [3.05, 3.63) is 0 Å². The van der Waals surface area contributed by atoms with Gasteiger partial charge in [0.15, 0.2) is 0 Å². The lowest BCUT2D eigenvalue weighted by molar-refractivity contribution is -0.0711. The minimum atomic E-state index is -0.258. The highest BCUT2D eigenvalue weighted by atomic mass is 16.5. The zero-order valence-corrected chi connectivity index (χ0v) is 10.1. The second-order valence-corrected chi connectivity index (χ2v) is 5.45. The molecule has 4 heteroatoms. The van der Waals surface area contributed by atoms with E-state index in [1.165, 1.54) is 0 Å². The highest BCUT2D eigenvalue weighted by Crippen LogP contribution is 2.37. The van der Waals surface area contributed by atoms with Crippen molar-refractivity contribution in [2.75, 3.05) is 13.2 Å². The van der Waals surface area contributed by atoms with Crippen molar-refractivity contribution in [2.24, 2.45) is 0 Å². The zero-order valence-electron chi connectivity index (χ0n) is 10.1. The van der Waals surface area contributed by atoms with Crippen molar-refractivity contribution in [3.8, 4) is 0 Å². The maximum absolute atomic E-state index is 9.02. The summed E-state index contributed by atoms with van der Waals surface area (Å²) in [5, 5.41) is 21.3. The van der Waals surface area contributed by atoms with Crippen molar-refractivity contribution in [1.29, 1.82) is 0 Å². The molecule has 4 nitrogen and oxygen atoms in total. The third-order valence-electron chi connectivity index (χ3n) is 2.95. The van der Waals surface area contributed by atoms with Crippen molar-refractivity contribution in [2.45, 2.75) is 57.4 Å². The van der Waals surface area contributed by atoms with E-state index in [0.717, 1.165) is 6.42 Å². The van der Waals surface area contributed by atoms with Gasteiger partial charge < -0.3 is 20.3 Å². The van der Waals surface area contributed by atoms with Gasteiger partial charge in [-0.05, 0) is 34.1 Å². The third-order valence-corrected chi connectivity index (χ3v) is 2.95. The van der Waals surface area contributed by atoms with E-state index in [-0.39, 0.29) is 36.5 Å². The lowest BCUT2D eigenvalue weighted by Crippen LogP contribution is -2.50. The molecule has 0 aliphatic carbocycles. The first-order chi connectivity index (χ1) is 6.80. The summed E-state index contributed by atoms with van der Waals surface area (Å²) >= 11 is 0. The van der Waals surface area contributed by atoms with Crippen molar-refractivity contribution in [1.82, 2.24) is 5.32 Å². The van der Waals surface area contributed by atoms with Crippen LogP contribution in [0.5, 0.6) is 0 Å². The highest BCUT2D eigenvalue weighted by molar-refractivity contribution is 4.99. The monoisotopic (exact) mass is 217 g/mol. The third kappa shape index (κ3) is 3.14. The Balaban J connectivity index is 2.62. The van der Waals surface area contributed by atoms with Crippen molar-refractivity contribution >= 4 is 0 Å². The molecule has 0 aromatic heterocycles. The van der Waals surface area contributed by atoms with E-state index in [0.29, 0.717) is 0 Å². The molecule has 0 radical (unpaired) electrons. The normalized spacial score (nSPS) is 28.6. The molecule has 1 fully saturated rings. The summed E-state index contributed by atoms with van der Waals surface area (Å²) in [6.45, 7) is 8.08. The molecule has 90 valence electrons. The Morgan fingerprint density at radius 1 is 1.27 bits per heavy atom. The van der Waals surface area contributed by atoms with E-state index in [1.807, 2.05) is 13.8 Å². The highest BCUT2D eigenvalue weighted by Gasteiger charge is 2.46. The van der Waals surface area contributed by atoms with Crippen LogP contribution in [0.1, 0.15) is 34.1 Å². The fourth-order valence-electron chi connectivity index (χ4n) is 2.27. The molecule has 0 bridgehead atoms. The summed E-state index contributed by atoms with van der Waals surface area (Å²) in [7, 11) is 0. The average molecular weight is 217 g/mol. The summed E-state index contributed by atoms with van der Waals surface area (Å²) in [5.41, 5.74) is -0.400. The second kappa shape index (κ2) is 4.37. The van der Waals surface area contributed by atoms with Crippen LogP contribution in [0.4, 0.5) is 0 Å². The molecular weight excluding hydrogens is 194 g/mol. The van der Waals surface area contributed by atoms with E-state index in [1.54, 1.807) is 0 Å². The number of nitrogens with one attached hydrogen (secondary N) is 1. The van der Waals surface area contributed by atoms with Crippen LogP contribution < -0.4 is 5.32 Å². The summed E-state index contributed by atoms with van der Waals surface area (Å²) in [5.74, 6) is 0. The predicted octanol–water partition coefficient (Wildman–Crippen LogP) is 0.275. The Labute approximate surface area is 91.6 Å². The predicted molar refractivity (Wildman–Crippen MR) is 58.7 cm³/mol. The molecule has 3 N–H and O–H groups in total. The van der Waals surface area contributed by atoms with Gasteiger partial charge in [0.05, 0.1) is 30.5 Å². The van der Waals surface area contributed by atoms with Gasteiger partial charge in [0, 0.05) is 6.04 Å². The molecule has 1 rings (SSSR count). The number of aliphatic hydroxyl groups excluding tert-OH is 2. The fraction of sp³-hybridized carbons (Fsp3) is 1.00. The van der Waals surface area contributed by atoms with Crippen molar-refractivity contribution in [3.63, 3.8) is 0 Å². The molecule has 15 heavy (non-hydrogen) atoms. The molecule has 1 atom stereocenters. The Hall–Kier alpha value is -0.160. The van der Waals surface area contributed by atoms with Gasteiger partial charge in [-0.1, -0.05) is 0 Å². The molecule has 0 aromatic rings. The van der Waals surface area contributed by atoms with Gasteiger partial charge in [0.1, 0.15) is 0 Å². The van der Waals surface area contributed by atoms with Gasteiger partial charge in [0.2, 0.25) is 0 Å². The van der Waals surface area contributed by atoms with Crippen molar-refractivity contribution < 1.29 is 14.9 Å². The minimum Gasteiger partial charge on any atom is -0.395 e. The van der Waals surface area contributed by atoms with Gasteiger partial charge >= 0.3 is 0 Å². The van der Waals surface area contributed by atoms with Crippen LogP contribution in [-0.2, 0) is 4.74 Å². The quantitative estimate of drug-likeness (QED) is 0.633. The number of aliphatic hydroxyl groups is 2. The van der Waals surface area contributed by atoms with Gasteiger partial charge in [-0.2, -0.15) is 0 Å². The van der Waals surface area contributed by atoms with E-state index < -0.39 is 0 Å². The molecule has 0 saturated carbocycles. The van der Waals surface area contributed by atoms with Crippen LogP contribution in [-0.4, -0.2) is 46.7 Å². The maximum Gasteiger partial charge on any atom is 0.0787 e. The lowest BCUT2D eigenvalue weighted by atomic mass is 9.94. The zero-order chi connectivity index (χ0) is 11.7. The van der Waals surface area contributed by atoms with Crippen LogP contribution in [0.15, 0.2) is 0 Å². The number of hydrogen-bond donors (Lipinski definition) is 3. The molecule has 0 aromatic carbocycles. The summed E-state index contributed by atoms with van der Waals surface area (Å²) in [4.78, 5) is 0. The topological polar surface area (TPSA) is 61.7 Å². The maximum atomic E-state index is 9.02. The fourth-order valence-corrected chi connectivity index (χ4v) is 2.27. The van der Waals surface area contributed by atoms with E-state index in [2.05, 4.69) is 19.2 Å². The van der Waals surface area contributed by atoms with E-state index in [4.69, 9.17) is 14.9 Å². The molecule has 1 unspecified atom stereocenters. The first-order valence-corrected chi connectivity index (χ1v) is 5.49. The number of ether oxygens (including phenoxy) is 1. The van der Waals surface area contributed by atoms with Gasteiger partial charge in [-0.3, -0.25) is 0 Å². The largest absolute Gasteiger partial charge is 0.395 e. The second-order valence-electron chi connectivity index (χ2n) is 5.45. The van der Waals surface area contributed by atoms with Gasteiger partial charge in [-0.25, -0.2) is 0 Å². The molecular formula is C11H23NO3.